The van der Waals surface area contributed by atoms with E-state index in [1.807, 2.05) is 31.2 Å². The van der Waals surface area contributed by atoms with Gasteiger partial charge < -0.3 is 19.6 Å². The van der Waals surface area contributed by atoms with Crippen molar-refractivity contribution in [1.29, 1.82) is 0 Å². The Kier molecular flexibility index (Phi) is 3.89. The normalized spacial score (nSPS) is 10.4. The average molecular weight is 247 g/mol. The molecule has 96 valence electrons. The first-order valence-electron chi connectivity index (χ1n) is 5.80. The highest BCUT2D eigenvalue weighted by Crippen LogP contribution is 2.25. The Morgan fingerprint density at radius 2 is 2.00 bits per heavy atom. The van der Waals surface area contributed by atoms with Crippen molar-refractivity contribution in [2.24, 2.45) is 0 Å². The minimum absolute atomic E-state index is 0.0756. The van der Waals surface area contributed by atoms with E-state index in [0.717, 1.165) is 22.8 Å². The standard InChI is InChI=1S/C14H17NO3/c1-10-3-6-14(17-2)13(7-10)15-8-11-4-5-12(9-16)18-11/h3-7,15-16H,8-9H2,1-2H3. The summed E-state index contributed by atoms with van der Waals surface area (Å²) in [6.45, 7) is 2.51. The SMILES string of the molecule is COc1ccc(C)cc1NCc1ccc(CO)o1. The van der Waals surface area contributed by atoms with Crippen molar-refractivity contribution in [3.8, 4) is 5.75 Å². The van der Waals surface area contributed by atoms with Gasteiger partial charge in [0.2, 0.25) is 0 Å². The summed E-state index contributed by atoms with van der Waals surface area (Å²) in [5, 5.41) is 12.2. The molecular weight excluding hydrogens is 230 g/mol. The van der Waals surface area contributed by atoms with Gasteiger partial charge in [-0.2, -0.15) is 0 Å². The molecule has 1 aromatic heterocycles. The molecule has 0 spiro atoms. The van der Waals surface area contributed by atoms with Gasteiger partial charge in [-0.3, -0.25) is 0 Å². The maximum Gasteiger partial charge on any atom is 0.141 e. The number of rotatable bonds is 5. The predicted octanol–water partition coefficient (Wildman–Crippen LogP) is 2.70. The fourth-order valence-electron chi connectivity index (χ4n) is 1.74. The molecule has 0 saturated carbocycles. The van der Waals surface area contributed by atoms with Crippen LogP contribution >= 0.6 is 0 Å². The summed E-state index contributed by atoms with van der Waals surface area (Å²) in [5.41, 5.74) is 2.09. The van der Waals surface area contributed by atoms with Gasteiger partial charge in [0.1, 0.15) is 23.9 Å². The highest BCUT2D eigenvalue weighted by molar-refractivity contribution is 5.57. The van der Waals surface area contributed by atoms with Gasteiger partial charge in [0.05, 0.1) is 19.3 Å². The van der Waals surface area contributed by atoms with E-state index in [9.17, 15) is 0 Å². The van der Waals surface area contributed by atoms with Crippen molar-refractivity contribution in [3.63, 3.8) is 0 Å². The van der Waals surface area contributed by atoms with E-state index >= 15 is 0 Å². The number of hydrogen-bond donors (Lipinski definition) is 2. The Labute approximate surface area is 106 Å². The first kappa shape index (κ1) is 12.5. The second-order valence-electron chi connectivity index (χ2n) is 4.08. The van der Waals surface area contributed by atoms with Gasteiger partial charge in [-0.1, -0.05) is 6.07 Å². The Hall–Kier alpha value is -1.94. The van der Waals surface area contributed by atoms with Crippen LogP contribution in [0.3, 0.4) is 0 Å². The maximum absolute atomic E-state index is 8.92. The van der Waals surface area contributed by atoms with Crippen LogP contribution in [-0.4, -0.2) is 12.2 Å². The number of aliphatic hydroxyl groups excluding tert-OH is 1. The molecule has 1 aromatic carbocycles. The van der Waals surface area contributed by atoms with E-state index < -0.39 is 0 Å². The van der Waals surface area contributed by atoms with Crippen molar-refractivity contribution < 1.29 is 14.3 Å². The summed E-state index contributed by atoms with van der Waals surface area (Å²) in [6.07, 6.45) is 0. The van der Waals surface area contributed by atoms with Crippen LogP contribution in [0.5, 0.6) is 5.75 Å². The first-order valence-corrected chi connectivity index (χ1v) is 5.80. The topological polar surface area (TPSA) is 54.6 Å². The number of nitrogens with one attached hydrogen (secondary N) is 1. The Bertz CT molecular complexity index is 520. The molecule has 18 heavy (non-hydrogen) atoms. The van der Waals surface area contributed by atoms with Crippen LogP contribution in [0.1, 0.15) is 17.1 Å². The molecule has 2 aromatic rings. The quantitative estimate of drug-likeness (QED) is 0.853. The molecule has 0 unspecified atom stereocenters. The van der Waals surface area contributed by atoms with Gasteiger partial charge in [0.25, 0.3) is 0 Å². The van der Waals surface area contributed by atoms with Crippen LogP contribution in [0.15, 0.2) is 34.7 Å². The highest BCUT2D eigenvalue weighted by Gasteiger charge is 2.05. The minimum atomic E-state index is -0.0756. The lowest BCUT2D eigenvalue weighted by molar-refractivity contribution is 0.244. The van der Waals surface area contributed by atoms with Gasteiger partial charge in [-0.05, 0) is 36.8 Å². The van der Waals surface area contributed by atoms with Gasteiger partial charge in [0.15, 0.2) is 0 Å². The number of aryl methyl sites for hydroxylation is 1. The summed E-state index contributed by atoms with van der Waals surface area (Å²) in [4.78, 5) is 0. The van der Waals surface area contributed by atoms with Crippen molar-refractivity contribution >= 4 is 5.69 Å². The van der Waals surface area contributed by atoms with E-state index in [0.29, 0.717) is 12.3 Å². The summed E-state index contributed by atoms with van der Waals surface area (Å²) in [5.74, 6) is 2.15. The third-order valence-corrected chi connectivity index (χ3v) is 2.68. The number of methoxy groups -OCH3 is 1. The van der Waals surface area contributed by atoms with E-state index in [1.54, 1.807) is 13.2 Å². The molecule has 2 N–H and O–H groups in total. The lowest BCUT2D eigenvalue weighted by Crippen LogP contribution is -2.00. The smallest absolute Gasteiger partial charge is 0.141 e. The molecular formula is C14H17NO3. The molecule has 0 bridgehead atoms. The number of ether oxygens (including phenoxy) is 1. The van der Waals surface area contributed by atoms with Crippen molar-refractivity contribution in [2.45, 2.75) is 20.1 Å². The molecule has 2 rings (SSSR count). The van der Waals surface area contributed by atoms with Crippen LogP contribution in [0.2, 0.25) is 0 Å². The molecule has 0 radical (unpaired) electrons. The molecule has 0 aliphatic carbocycles. The minimum Gasteiger partial charge on any atom is -0.495 e. The van der Waals surface area contributed by atoms with Crippen LogP contribution in [-0.2, 0) is 13.2 Å². The second-order valence-corrected chi connectivity index (χ2v) is 4.08. The van der Waals surface area contributed by atoms with Crippen molar-refractivity contribution in [1.82, 2.24) is 0 Å². The molecule has 0 aliphatic heterocycles. The monoisotopic (exact) mass is 247 g/mol. The molecule has 0 atom stereocenters. The van der Waals surface area contributed by atoms with Crippen LogP contribution in [0.25, 0.3) is 0 Å². The Balaban J connectivity index is 2.07. The Morgan fingerprint density at radius 1 is 1.22 bits per heavy atom. The summed E-state index contributed by atoms with van der Waals surface area (Å²) in [7, 11) is 1.65. The predicted molar refractivity (Wildman–Crippen MR) is 69.7 cm³/mol. The fourth-order valence-corrected chi connectivity index (χ4v) is 1.74. The molecule has 0 saturated heterocycles. The molecule has 0 aliphatic rings. The van der Waals surface area contributed by atoms with Gasteiger partial charge in [-0.25, -0.2) is 0 Å². The third kappa shape index (κ3) is 2.84. The summed E-state index contributed by atoms with van der Waals surface area (Å²) >= 11 is 0. The molecule has 1 heterocycles. The van der Waals surface area contributed by atoms with E-state index in [1.165, 1.54) is 0 Å². The average Bonchev–Trinajstić information content (AvgIpc) is 2.84. The molecule has 4 heteroatoms. The number of anilines is 1. The van der Waals surface area contributed by atoms with Crippen LogP contribution < -0.4 is 10.1 Å². The number of hydrogen-bond acceptors (Lipinski definition) is 4. The number of aliphatic hydroxyl groups is 1. The zero-order valence-corrected chi connectivity index (χ0v) is 10.6. The zero-order chi connectivity index (χ0) is 13.0. The Morgan fingerprint density at radius 3 is 2.67 bits per heavy atom. The van der Waals surface area contributed by atoms with Crippen LogP contribution in [0.4, 0.5) is 5.69 Å². The van der Waals surface area contributed by atoms with Gasteiger partial charge >= 0.3 is 0 Å². The third-order valence-electron chi connectivity index (χ3n) is 2.68. The zero-order valence-electron chi connectivity index (χ0n) is 10.6. The fraction of sp³-hybridized carbons (Fsp3) is 0.286. The first-order chi connectivity index (χ1) is 8.72. The van der Waals surface area contributed by atoms with E-state index in [2.05, 4.69) is 5.32 Å². The van der Waals surface area contributed by atoms with Gasteiger partial charge in [0, 0.05) is 0 Å². The summed E-state index contributed by atoms with van der Waals surface area (Å²) < 4.78 is 10.7. The lowest BCUT2D eigenvalue weighted by atomic mass is 10.2. The maximum atomic E-state index is 8.92. The largest absolute Gasteiger partial charge is 0.495 e. The summed E-state index contributed by atoms with van der Waals surface area (Å²) in [6, 6.07) is 9.57. The highest BCUT2D eigenvalue weighted by atomic mass is 16.5. The van der Waals surface area contributed by atoms with E-state index in [-0.39, 0.29) is 6.61 Å². The molecule has 4 nitrogen and oxygen atoms in total. The number of benzene rings is 1. The molecule has 0 amide bonds. The van der Waals surface area contributed by atoms with Crippen molar-refractivity contribution in [2.75, 3.05) is 12.4 Å². The second kappa shape index (κ2) is 5.60. The number of furan rings is 1. The van der Waals surface area contributed by atoms with Crippen LogP contribution in [0, 0.1) is 6.92 Å². The lowest BCUT2D eigenvalue weighted by Gasteiger charge is -2.10. The van der Waals surface area contributed by atoms with E-state index in [4.69, 9.17) is 14.3 Å². The molecule has 0 fully saturated rings. The van der Waals surface area contributed by atoms with Gasteiger partial charge in [-0.15, -0.1) is 0 Å². The van der Waals surface area contributed by atoms with Crippen molar-refractivity contribution in [3.05, 3.63) is 47.4 Å².